The third-order valence-corrected chi connectivity index (χ3v) is 5.18. The summed E-state index contributed by atoms with van der Waals surface area (Å²) in [5.41, 5.74) is 6.86. The van der Waals surface area contributed by atoms with E-state index in [0.29, 0.717) is 23.6 Å². The second-order valence-electron chi connectivity index (χ2n) is 7.10. The van der Waals surface area contributed by atoms with Gasteiger partial charge in [-0.25, -0.2) is 4.98 Å². The molecule has 2 heterocycles. The lowest BCUT2D eigenvalue weighted by Crippen LogP contribution is -2.14. The Bertz CT molecular complexity index is 1210. The summed E-state index contributed by atoms with van der Waals surface area (Å²) in [6.45, 7) is 0.531. The van der Waals surface area contributed by atoms with Crippen LogP contribution in [0.3, 0.4) is 0 Å². The topological polar surface area (TPSA) is 79.8 Å². The molecule has 0 spiro atoms. The number of carbonyl (C=O) groups excluding carboxylic acids is 1. The summed E-state index contributed by atoms with van der Waals surface area (Å²) in [5, 5.41) is 6.16. The number of nitrogens with one attached hydrogen (secondary N) is 2. The van der Waals surface area contributed by atoms with E-state index >= 15 is 0 Å². The van der Waals surface area contributed by atoms with Crippen LogP contribution in [-0.4, -0.2) is 20.9 Å². The molecule has 0 saturated carbocycles. The van der Waals surface area contributed by atoms with Crippen molar-refractivity contribution in [3.63, 3.8) is 0 Å². The average Bonchev–Trinajstić information content (AvgIpc) is 3.18. The Morgan fingerprint density at radius 1 is 0.900 bits per heavy atom. The molecule has 6 heteroatoms. The molecule has 5 rings (SSSR count). The van der Waals surface area contributed by atoms with E-state index in [9.17, 15) is 4.79 Å². The van der Waals surface area contributed by atoms with E-state index in [0.717, 1.165) is 23.2 Å². The third kappa shape index (κ3) is 3.51. The van der Waals surface area contributed by atoms with Crippen LogP contribution in [0.15, 0.2) is 79.4 Å². The predicted molar refractivity (Wildman–Crippen MR) is 116 cm³/mol. The van der Waals surface area contributed by atoms with Gasteiger partial charge in [-0.3, -0.25) is 14.8 Å². The van der Waals surface area contributed by atoms with Crippen molar-refractivity contribution in [1.82, 2.24) is 15.0 Å². The van der Waals surface area contributed by atoms with E-state index < -0.39 is 0 Å². The van der Waals surface area contributed by atoms with Crippen LogP contribution in [0.5, 0.6) is 0 Å². The number of anilines is 2. The van der Waals surface area contributed by atoms with Crippen LogP contribution in [0.1, 0.15) is 27.2 Å². The number of fused-ring (bicyclic) bond motifs is 3. The summed E-state index contributed by atoms with van der Waals surface area (Å²) < 4.78 is 0. The molecule has 0 unspecified atom stereocenters. The molecule has 1 amide bonds. The van der Waals surface area contributed by atoms with Crippen molar-refractivity contribution in [2.75, 3.05) is 10.6 Å². The van der Waals surface area contributed by atoms with E-state index in [4.69, 9.17) is 0 Å². The lowest BCUT2D eigenvalue weighted by molar-refractivity contribution is 0.102. The largest absolute Gasteiger partial charge is 0.364 e. The van der Waals surface area contributed by atoms with Crippen LogP contribution in [0.4, 0.5) is 11.5 Å². The molecule has 1 aliphatic carbocycles. The zero-order valence-corrected chi connectivity index (χ0v) is 16.2. The lowest BCUT2D eigenvalue weighted by Gasteiger charge is -2.10. The molecule has 0 radical (unpaired) electrons. The van der Waals surface area contributed by atoms with Crippen LogP contribution in [0, 0.1) is 0 Å². The summed E-state index contributed by atoms with van der Waals surface area (Å²) in [6.07, 6.45) is 7.42. The smallest absolute Gasteiger partial charge is 0.256 e. The van der Waals surface area contributed by atoms with E-state index in [1.54, 1.807) is 24.8 Å². The number of pyridine rings is 1. The van der Waals surface area contributed by atoms with Gasteiger partial charge in [-0.15, -0.1) is 0 Å². The molecule has 2 aromatic carbocycles. The van der Waals surface area contributed by atoms with Gasteiger partial charge in [0.2, 0.25) is 0 Å². The fourth-order valence-corrected chi connectivity index (χ4v) is 3.74. The van der Waals surface area contributed by atoms with E-state index in [1.807, 2.05) is 36.4 Å². The molecule has 6 nitrogen and oxygen atoms in total. The van der Waals surface area contributed by atoms with Gasteiger partial charge >= 0.3 is 0 Å². The van der Waals surface area contributed by atoms with Gasteiger partial charge in [-0.05, 0) is 46.9 Å². The number of aromatic nitrogens is 3. The van der Waals surface area contributed by atoms with Crippen LogP contribution >= 0.6 is 0 Å². The minimum absolute atomic E-state index is 0.123. The van der Waals surface area contributed by atoms with Gasteiger partial charge in [-0.1, -0.05) is 36.4 Å². The van der Waals surface area contributed by atoms with Gasteiger partial charge in [0.05, 0.1) is 30.3 Å². The monoisotopic (exact) mass is 393 g/mol. The molecule has 0 saturated heterocycles. The maximum atomic E-state index is 13.0. The number of hydrogen-bond donors (Lipinski definition) is 2. The molecule has 0 atom stereocenters. The van der Waals surface area contributed by atoms with Crippen molar-refractivity contribution in [1.29, 1.82) is 0 Å². The van der Waals surface area contributed by atoms with E-state index in [2.05, 4.69) is 43.8 Å². The molecule has 0 bridgehead atoms. The molecule has 0 aliphatic heterocycles. The van der Waals surface area contributed by atoms with Gasteiger partial charge < -0.3 is 10.6 Å². The van der Waals surface area contributed by atoms with E-state index in [1.165, 1.54) is 11.1 Å². The summed E-state index contributed by atoms with van der Waals surface area (Å²) in [6, 6.07) is 17.9. The first kappa shape index (κ1) is 18.0. The van der Waals surface area contributed by atoms with Crippen molar-refractivity contribution in [2.24, 2.45) is 0 Å². The Labute approximate surface area is 174 Å². The van der Waals surface area contributed by atoms with Crippen LogP contribution in [-0.2, 0) is 13.0 Å². The van der Waals surface area contributed by atoms with Crippen molar-refractivity contribution in [2.45, 2.75) is 13.0 Å². The first-order valence-electron chi connectivity index (χ1n) is 9.74. The standard InChI is InChI=1S/C24H19N5O/c30-24(21-7-3-6-20-19-5-2-1-4-16(19)12-22(20)21)29-17-8-9-23(27-14-17)28-15-18-13-25-10-11-26-18/h1-11,13-14H,12,15H2,(H,27,28)(H,29,30). The zero-order valence-electron chi connectivity index (χ0n) is 16.2. The number of carbonyl (C=O) groups is 1. The highest BCUT2D eigenvalue weighted by atomic mass is 16.1. The molecule has 30 heavy (non-hydrogen) atoms. The van der Waals surface area contributed by atoms with Gasteiger partial charge in [0.15, 0.2) is 0 Å². The van der Waals surface area contributed by atoms with E-state index in [-0.39, 0.29) is 5.91 Å². The molecular formula is C24H19N5O. The normalized spacial score (nSPS) is 11.5. The molecule has 2 aromatic heterocycles. The first-order valence-corrected chi connectivity index (χ1v) is 9.74. The third-order valence-electron chi connectivity index (χ3n) is 5.18. The van der Waals surface area contributed by atoms with Gasteiger partial charge in [0, 0.05) is 18.0 Å². The Kier molecular flexibility index (Phi) is 4.65. The Balaban J connectivity index is 1.29. The average molecular weight is 393 g/mol. The Morgan fingerprint density at radius 2 is 1.80 bits per heavy atom. The molecule has 1 aliphatic rings. The number of nitrogens with zero attached hydrogens (tertiary/aromatic N) is 3. The van der Waals surface area contributed by atoms with Gasteiger partial charge in [0.25, 0.3) is 5.91 Å². The van der Waals surface area contributed by atoms with Crippen molar-refractivity contribution < 1.29 is 4.79 Å². The molecule has 146 valence electrons. The second kappa shape index (κ2) is 7.75. The highest BCUT2D eigenvalue weighted by molar-refractivity contribution is 6.07. The Hall–Kier alpha value is -4.06. The summed E-state index contributed by atoms with van der Waals surface area (Å²) in [5.74, 6) is 0.580. The van der Waals surface area contributed by atoms with Crippen molar-refractivity contribution >= 4 is 17.4 Å². The fraction of sp³-hybridized carbons (Fsp3) is 0.0833. The number of amides is 1. The summed E-state index contributed by atoms with van der Waals surface area (Å²) in [4.78, 5) is 25.6. The Morgan fingerprint density at radius 3 is 2.63 bits per heavy atom. The molecule has 0 fully saturated rings. The molecule has 2 N–H and O–H groups in total. The van der Waals surface area contributed by atoms with Gasteiger partial charge in [-0.2, -0.15) is 0 Å². The quantitative estimate of drug-likeness (QED) is 0.465. The minimum Gasteiger partial charge on any atom is -0.364 e. The first-order chi connectivity index (χ1) is 14.8. The second-order valence-corrected chi connectivity index (χ2v) is 7.10. The zero-order chi connectivity index (χ0) is 20.3. The van der Waals surface area contributed by atoms with Crippen molar-refractivity contribution in [3.05, 3.63) is 102 Å². The SMILES string of the molecule is O=C(Nc1ccc(NCc2cnccn2)nc1)c1cccc2c1Cc1ccccc1-2. The maximum absolute atomic E-state index is 13.0. The maximum Gasteiger partial charge on any atom is 0.256 e. The molecular weight excluding hydrogens is 374 g/mol. The number of benzene rings is 2. The highest BCUT2D eigenvalue weighted by Gasteiger charge is 2.23. The van der Waals surface area contributed by atoms with Crippen LogP contribution in [0.25, 0.3) is 11.1 Å². The fourth-order valence-electron chi connectivity index (χ4n) is 3.74. The lowest BCUT2D eigenvalue weighted by atomic mass is 10.0. The summed E-state index contributed by atoms with van der Waals surface area (Å²) in [7, 11) is 0. The van der Waals surface area contributed by atoms with Crippen LogP contribution in [0.2, 0.25) is 0 Å². The van der Waals surface area contributed by atoms with Gasteiger partial charge in [0.1, 0.15) is 5.82 Å². The predicted octanol–water partition coefficient (Wildman–Crippen LogP) is 4.31. The number of rotatable bonds is 5. The molecule has 4 aromatic rings. The number of hydrogen-bond acceptors (Lipinski definition) is 5. The highest BCUT2D eigenvalue weighted by Crippen LogP contribution is 2.38. The minimum atomic E-state index is -0.123. The van der Waals surface area contributed by atoms with Crippen molar-refractivity contribution in [3.8, 4) is 11.1 Å². The summed E-state index contributed by atoms with van der Waals surface area (Å²) >= 11 is 0. The van der Waals surface area contributed by atoms with Crippen LogP contribution < -0.4 is 10.6 Å².